The third kappa shape index (κ3) is 4.50. The van der Waals surface area contributed by atoms with Gasteiger partial charge in [-0.2, -0.15) is 5.26 Å². The first-order valence-electron chi connectivity index (χ1n) is 7.91. The fraction of sp³-hybridized carbons (Fsp3) is 0.350. The summed E-state index contributed by atoms with van der Waals surface area (Å²) in [5.74, 6) is 2.34. The molecule has 0 heterocycles. The largest absolute Gasteiger partial charge is 0.458 e. The van der Waals surface area contributed by atoms with Crippen LogP contribution in [0.3, 0.4) is 0 Å². The van der Waals surface area contributed by atoms with Gasteiger partial charge in [-0.1, -0.05) is 39.8 Å². The number of nitriles is 1. The molecule has 0 radical (unpaired) electrons. The number of hydrogen-bond donors (Lipinski definition) is 0. The van der Waals surface area contributed by atoms with Crippen LogP contribution in [0.2, 0.25) is 0 Å². The van der Waals surface area contributed by atoms with Crippen molar-refractivity contribution in [2.24, 2.45) is 0 Å². The Balaban J connectivity index is 2.00. The number of benzene rings is 2. The zero-order chi connectivity index (χ0) is 16.8. The zero-order valence-electron chi connectivity index (χ0n) is 14.2. The van der Waals surface area contributed by atoms with E-state index in [1.165, 1.54) is 5.56 Å². The topological polar surface area (TPSA) is 42.2 Å². The van der Waals surface area contributed by atoms with Gasteiger partial charge in [0.25, 0.3) is 0 Å². The van der Waals surface area contributed by atoms with Gasteiger partial charge in [0.15, 0.2) is 0 Å². The van der Waals surface area contributed by atoms with Crippen LogP contribution in [-0.4, -0.2) is 6.79 Å². The predicted molar refractivity (Wildman–Crippen MR) is 91.9 cm³/mol. The van der Waals surface area contributed by atoms with E-state index in [1.54, 1.807) is 6.07 Å². The van der Waals surface area contributed by atoms with Gasteiger partial charge in [0.05, 0.1) is 11.6 Å². The summed E-state index contributed by atoms with van der Waals surface area (Å²) >= 11 is 0. The van der Waals surface area contributed by atoms with E-state index < -0.39 is 0 Å². The second-order valence-electron chi connectivity index (χ2n) is 6.15. The standard InChI is InChI=1S/C20H23NO2/c1-14(2)17-6-8-18(9-7-17)22-13-23-20-10-5-16(12-21)11-19(20)15(3)4/h5-11,14-15H,13H2,1-4H3. The molecule has 2 rings (SSSR count). The smallest absolute Gasteiger partial charge is 0.230 e. The average molecular weight is 309 g/mol. The highest BCUT2D eigenvalue weighted by Gasteiger charge is 2.09. The zero-order valence-corrected chi connectivity index (χ0v) is 14.2. The average Bonchev–Trinajstić information content (AvgIpc) is 2.55. The van der Waals surface area contributed by atoms with Crippen LogP contribution in [-0.2, 0) is 0 Å². The molecule has 0 fully saturated rings. The molecule has 0 aliphatic rings. The monoisotopic (exact) mass is 309 g/mol. The summed E-state index contributed by atoms with van der Waals surface area (Å²) < 4.78 is 11.4. The van der Waals surface area contributed by atoms with Crippen molar-refractivity contribution in [2.75, 3.05) is 6.79 Å². The lowest BCUT2D eigenvalue weighted by molar-refractivity contribution is 0.118. The molecule has 0 amide bonds. The van der Waals surface area contributed by atoms with Crippen LogP contribution >= 0.6 is 0 Å². The van der Waals surface area contributed by atoms with Gasteiger partial charge >= 0.3 is 0 Å². The van der Waals surface area contributed by atoms with Crippen LogP contribution in [0.1, 0.15) is 56.2 Å². The molecule has 2 aromatic rings. The van der Waals surface area contributed by atoms with E-state index >= 15 is 0 Å². The Hall–Kier alpha value is -2.47. The Morgan fingerprint density at radius 3 is 2.17 bits per heavy atom. The number of ether oxygens (including phenoxy) is 2. The second kappa shape index (κ2) is 7.69. The quantitative estimate of drug-likeness (QED) is 0.687. The normalized spacial score (nSPS) is 10.7. The van der Waals surface area contributed by atoms with Crippen molar-refractivity contribution in [1.82, 2.24) is 0 Å². The van der Waals surface area contributed by atoms with Gasteiger partial charge < -0.3 is 9.47 Å². The Kier molecular flexibility index (Phi) is 5.65. The van der Waals surface area contributed by atoms with Gasteiger partial charge in [-0.25, -0.2) is 0 Å². The molecule has 23 heavy (non-hydrogen) atoms. The summed E-state index contributed by atoms with van der Waals surface area (Å²) in [4.78, 5) is 0. The molecule has 0 saturated carbocycles. The molecule has 2 aromatic carbocycles. The van der Waals surface area contributed by atoms with Crippen molar-refractivity contribution in [2.45, 2.75) is 39.5 Å². The van der Waals surface area contributed by atoms with E-state index in [0.717, 1.165) is 17.1 Å². The maximum Gasteiger partial charge on any atom is 0.230 e. The minimum absolute atomic E-state index is 0.145. The summed E-state index contributed by atoms with van der Waals surface area (Å²) in [5.41, 5.74) is 2.95. The Labute approximate surface area is 138 Å². The summed E-state index contributed by atoms with van der Waals surface area (Å²) in [6, 6.07) is 15.7. The number of rotatable bonds is 6. The van der Waals surface area contributed by atoms with Crippen molar-refractivity contribution in [3.05, 3.63) is 59.2 Å². The molecule has 120 valence electrons. The molecule has 0 aliphatic heterocycles. The molecule has 0 bridgehead atoms. The molecule has 3 nitrogen and oxygen atoms in total. The Morgan fingerprint density at radius 1 is 0.913 bits per heavy atom. The highest BCUT2D eigenvalue weighted by Crippen LogP contribution is 2.27. The molecule has 0 spiro atoms. The highest BCUT2D eigenvalue weighted by atomic mass is 16.7. The summed E-state index contributed by atoms with van der Waals surface area (Å²) in [5, 5.41) is 9.01. The molecule has 0 unspecified atom stereocenters. The van der Waals surface area contributed by atoms with Gasteiger partial charge in [0.2, 0.25) is 6.79 Å². The second-order valence-corrected chi connectivity index (χ2v) is 6.15. The van der Waals surface area contributed by atoms with Crippen LogP contribution in [0.4, 0.5) is 0 Å². The minimum atomic E-state index is 0.145. The van der Waals surface area contributed by atoms with Gasteiger partial charge in [-0.05, 0) is 53.3 Å². The Bertz CT molecular complexity index is 682. The third-order valence-corrected chi connectivity index (χ3v) is 3.75. The van der Waals surface area contributed by atoms with E-state index in [-0.39, 0.29) is 12.7 Å². The molecule has 0 aliphatic carbocycles. The molecule has 0 saturated heterocycles. The molecule has 0 aromatic heterocycles. The lowest BCUT2D eigenvalue weighted by Crippen LogP contribution is -2.08. The van der Waals surface area contributed by atoms with Crippen LogP contribution in [0.25, 0.3) is 0 Å². The molecular formula is C20H23NO2. The molecule has 0 atom stereocenters. The third-order valence-electron chi connectivity index (χ3n) is 3.75. The predicted octanol–water partition coefficient (Wildman–Crippen LogP) is 5.22. The van der Waals surface area contributed by atoms with E-state index in [4.69, 9.17) is 14.7 Å². The fourth-order valence-corrected chi connectivity index (χ4v) is 2.31. The number of nitrogens with zero attached hydrogens (tertiary/aromatic N) is 1. The van der Waals surface area contributed by atoms with Gasteiger partial charge in [0, 0.05) is 0 Å². The first-order valence-corrected chi connectivity index (χ1v) is 7.91. The maximum atomic E-state index is 9.01. The van der Waals surface area contributed by atoms with Crippen molar-refractivity contribution in [3.63, 3.8) is 0 Å². The van der Waals surface area contributed by atoms with E-state index in [2.05, 4.69) is 45.9 Å². The van der Waals surface area contributed by atoms with Crippen molar-refractivity contribution >= 4 is 0 Å². The lowest BCUT2D eigenvalue weighted by atomic mass is 10.00. The summed E-state index contributed by atoms with van der Waals surface area (Å²) in [6.45, 7) is 8.63. The minimum Gasteiger partial charge on any atom is -0.458 e. The van der Waals surface area contributed by atoms with Crippen molar-refractivity contribution < 1.29 is 9.47 Å². The first kappa shape index (κ1) is 16.9. The van der Waals surface area contributed by atoms with Gasteiger partial charge in [-0.15, -0.1) is 0 Å². The van der Waals surface area contributed by atoms with E-state index in [1.807, 2.05) is 24.3 Å². The molecule has 3 heteroatoms. The molecular weight excluding hydrogens is 286 g/mol. The van der Waals surface area contributed by atoms with Crippen LogP contribution in [0, 0.1) is 11.3 Å². The van der Waals surface area contributed by atoms with Crippen LogP contribution < -0.4 is 9.47 Å². The SMILES string of the molecule is CC(C)c1ccc(OCOc2ccc(C#N)cc2C(C)C)cc1. The van der Waals surface area contributed by atoms with Crippen LogP contribution in [0.5, 0.6) is 11.5 Å². The van der Waals surface area contributed by atoms with Gasteiger partial charge in [-0.3, -0.25) is 0 Å². The maximum absolute atomic E-state index is 9.01. The van der Waals surface area contributed by atoms with Crippen LogP contribution in [0.15, 0.2) is 42.5 Å². The number of hydrogen-bond acceptors (Lipinski definition) is 3. The summed E-state index contributed by atoms with van der Waals surface area (Å²) in [7, 11) is 0. The fourth-order valence-electron chi connectivity index (χ4n) is 2.31. The highest BCUT2D eigenvalue weighted by molar-refractivity contribution is 5.43. The Morgan fingerprint density at radius 2 is 1.61 bits per heavy atom. The lowest BCUT2D eigenvalue weighted by Gasteiger charge is -2.15. The van der Waals surface area contributed by atoms with Gasteiger partial charge in [0.1, 0.15) is 11.5 Å². The van der Waals surface area contributed by atoms with E-state index in [9.17, 15) is 0 Å². The van der Waals surface area contributed by atoms with Crippen molar-refractivity contribution in [1.29, 1.82) is 5.26 Å². The van der Waals surface area contributed by atoms with Crippen molar-refractivity contribution in [3.8, 4) is 17.6 Å². The first-order chi connectivity index (χ1) is 11.0. The molecule has 0 N–H and O–H groups in total. The van der Waals surface area contributed by atoms with E-state index in [0.29, 0.717) is 11.5 Å². The summed E-state index contributed by atoms with van der Waals surface area (Å²) in [6.07, 6.45) is 0.